The first kappa shape index (κ1) is 56.3. The number of rotatable bonds is 15. The minimum Gasteiger partial charge on any atom is -0.508 e. The number of aliphatic carboxylic acids is 1. The van der Waals surface area contributed by atoms with Gasteiger partial charge >= 0.3 is 5.97 Å². The van der Waals surface area contributed by atoms with E-state index in [0.29, 0.717) is 16.7 Å². The van der Waals surface area contributed by atoms with E-state index in [9.17, 15) is 48.6 Å². The van der Waals surface area contributed by atoms with E-state index in [4.69, 9.17) is 11.5 Å². The van der Waals surface area contributed by atoms with Gasteiger partial charge in [-0.25, -0.2) is 4.79 Å². The summed E-state index contributed by atoms with van der Waals surface area (Å²) in [6.45, 7) is 8.05. The summed E-state index contributed by atoms with van der Waals surface area (Å²) >= 11 is 0. The fourth-order valence-corrected chi connectivity index (χ4v) is 10.7. The summed E-state index contributed by atoms with van der Waals surface area (Å²) in [5.74, 6) is -7.70. The van der Waals surface area contributed by atoms with Crippen LogP contribution in [-0.4, -0.2) is 128 Å². The van der Waals surface area contributed by atoms with Crippen LogP contribution in [-0.2, 0) is 57.6 Å². The van der Waals surface area contributed by atoms with Crippen LogP contribution in [0.5, 0.6) is 5.75 Å². The number of fused-ring (bicyclic) bond motifs is 1. The number of nitrogens with two attached hydrogens (primary N) is 2. The Morgan fingerprint density at radius 1 is 0.736 bits per heavy atom. The Morgan fingerprint density at radius 2 is 1.28 bits per heavy atom. The predicted octanol–water partition coefficient (Wildman–Crippen LogP) is 1.30. The van der Waals surface area contributed by atoms with Crippen LogP contribution in [0.3, 0.4) is 0 Å². The van der Waals surface area contributed by atoms with Crippen molar-refractivity contribution in [3.05, 3.63) is 102 Å². The Balaban J connectivity index is 1.64. The lowest BCUT2D eigenvalue weighted by Crippen LogP contribution is -2.63. The summed E-state index contributed by atoms with van der Waals surface area (Å²) in [4.78, 5) is 116. The monoisotopic (exact) mass is 1030 g/mol. The zero-order chi connectivity index (χ0) is 52.7. The number of carbonyl (C=O) groups is 8. The van der Waals surface area contributed by atoms with Gasteiger partial charge in [0.25, 0.3) is 0 Å². The molecule has 1 aliphatic rings. The number of aromatic hydroxyl groups is 1. The fourth-order valence-electron chi connectivity index (χ4n) is 7.88. The van der Waals surface area contributed by atoms with E-state index in [-0.39, 0.29) is 50.2 Å². The average molecular weight is 1030 g/mol. The molecule has 2 heterocycles. The van der Waals surface area contributed by atoms with Crippen LogP contribution in [0.25, 0.3) is 10.9 Å². The van der Waals surface area contributed by atoms with Crippen molar-refractivity contribution in [1.29, 1.82) is 0 Å². The number of nitrogens with one attached hydrogen (secondary N) is 8. The van der Waals surface area contributed by atoms with Gasteiger partial charge in [0.15, 0.2) is 0 Å². The summed E-state index contributed by atoms with van der Waals surface area (Å²) in [5, 5.41) is 39.9. The first-order valence-electron chi connectivity index (χ1n) is 23.7. The van der Waals surface area contributed by atoms with Crippen molar-refractivity contribution in [2.45, 2.75) is 120 Å². The molecule has 0 bridgehead atoms. The molecule has 4 aromatic rings. The van der Waals surface area contributed by atoms with Crippen molar-refractivity contribution in [2.75, 3.05) is 12.3 Å². The van der Waals surface area contributed by atoms with Crippen molar-refractivity contribution in [3.63, 3.8) is 0 Å². The van der Waals surface area contributed by atoms with Crippen LogP contribution < -0.4 is 48.7 Å². The lowest BCUT2D eigenvalue weighted by atomic mass is 9.99. The van der Waals surface area contributed by atoms with Crippen molar-refractivity contribution in [3.8, 4) is 5.75 Å². The Kier molecular flexibility index (Phi) is 20.5. The number of carbonyl (C=O) groups excluding carboxylic acids is 7. The molecule has 388 valence electrons. The molecule has 1 saturated heterocycles. The van der Waals surface area contributed by atoms with Gasteiger partial charge in [-0.3, -0.25) is 33.6 Å². The molecule has 8 atom stereocenters. The number of phenols is 1. The molecule has 20 nitrogen and oxygen atoms in total. The van der Waals surface area contributed by atoms with Gasteiger partial charge in [-0.2, -0.15) is 0 Å². The molecule has 22 heteroatoms. The zero-order valence-electron chi connectivity index (χ0n) is 40.9. The van der Waals surface area contributed by atoms with E-state index < -0.39 is 106 Å². The molecule has 0 spiro atoms. The predicted molar refractivity (Wildman–Crippen MR) is 276 cm³/mol. The van der Waals surface area contributed by atoms with E-state index in [2.05, 4.69) is 42.2 Å². The van der Waals surface area contributed by atoms with Gasteiger partial charge < -0.3 is 63.9 Å². The highest BCUT2D eigenvalue weighted by Crippen LogP contribution is 2.39. The molecule has 0 radical (unpaired) electrons. The van der Waals surface area contributed by atoms with E-state index >= 15 is 0 Å². The van der Waals surface area contributed by atoms with Crippen LogP contribution in [0, 0.1) is 5.92 Å². The third kappa shape index (κ3) is 15.9. The molecule has 0 aliphatic carbocycles. The summed E-state index contributed by atoms with van der Waals surface area (Å²) in [6.07, 6.45) is 1.65. The molecular weight excluding hydrogens is 965 g/mol. The van der Waals surface area contributed by atoms with Crippen molar-refractivity contribution < 1.29 is 48.6 Å². The molecule has 3 aromatic carbocycles. The van der Waals surface area contributed by atoms with Gasteiger partial charge in [-0.05, 0) is 81.0 Å². The van der Waals surface area contributed by atoms with E-state index in [1.165, 1.54) is 31.2 Å². The van der Waals surface area contributed by atoms with Crippen molar-refractivity contribution in [1.82, 2.24) is 42.2 Å². The highest BCUT2D eigenvalue weighted by molar-refractivity contribution is 8.77. The minimum absolute atomic E-state index is 0.00293. The van der Waals surface area contributed by atoms with E-state index in [0.717, 1.165) is 32.5 Å². The normalized spacial score (nSPS) is 22.5. The van der Waals surface area contributed by atoms with Gasteiger partial charge in [0, 0.05) is 46.9 Å². The number of benzene rings is 3. The Morgan fingerprint density at radius 3 is 1.88 bits per heavy atom. The maximum absolute atomic E-state index is 14.8. The summed E-state index contributed by atoms with van der Waals surface area (Å²) < 4.78 is -1.26. The number of H-pyrrole nitrogens is 1. The number of para-hydroxylation sites is 1. The van der Waals surface area contributed by atoms with Crippen molar-refractivity contribution >= 4 is 79.8 Å². The van der Waals surface area contributed by atoms with Gasteiger partial charge in [0.1, 0.15) is 48.0 Å². The maximum Gasteiger partial charge on any atom is 0.326 e. The molecule has 0 unspecified atom stereocenters. The van der Waals surface area contributed by atoms with Gasteiger partial charge in [0.2, 0.25) is 41.4 Å². The zero-order valence-corrected chi connectivity index (χ0v) is 42.5. The quantitative estimate of drug-likeness (QED) is 0.0748. The Hall–Kier alpha value is -6.62. The maximum atomic E-state index is 14.8. The molecule has 72 heavy (non-hydrogen) atoms. The second-order valence-corrected chi connectivity index (χ2v) is 21.6. The van der Waals surface area contributed by atoms with E-state index in [1.807, 2.05) is 24.3 Å². The highest BCUT2D eigenvalue weighted by atomic mass is 33.1. The van der Waals surface area contributed by atoms with Crippen LogP contribution in [0.1, 0.15) is 64.2 Å². The molecule has 5 rings (SSSR count). The molecule has 1 aromatic heterocycles. The molecule has 1 aliphatic heterocycles. The minimum atomic E-state index is -1.45. The van der Waals surface area contributed by atoms with Crippen LogP contribution in [0.2, 0.25) is 0 Å². The first-order valence-corrected chi connectivity index (χ1v) is 26.0. The van der Waals surface area contributed by atoms with E-state index in [1.54, 1.807) is 64.2 Å². The van der Waals surface area contributed by atoms with Crippen LogP contribution >= 0.6 is 21.6 Å². The third-order valence-electron chi connectivity index (χ3n) is 12.0. The molecular formula is C50H66N10O10S2. The first-order chi connectivity index (χ1) is 34.2. The summed E-state index contributed by atoms with van der Waals surface area (Å²) in [6, 6.07) is 11.4. The second-order valence-electron chi connectivity index (χ2n) is 18.6. The highest BCUT2D eigenvalue weighted by Gasteiger charge is 2.41. The number of phenolic OH excluding ortho intramolecular Hbond substituents is 1. The molecule has 1 fully saturated rings. The number of carboxylic acids is 1. The topological polar surface area (TPSA) is 329 Å². The number of carboxylic acid groups (broad SMARTS) is 1. The summed E-state index contributed by atoms with van der Waals surface area (Å²) in [7, 11) is 2.09. The standard InChI is InChI=1S/C50H66N10O10S2/c1-27(2)40(49(69)70)59-47(67)39-26-71-72-50(4,5)41(60-42(62)28(3)52)48(68)57-37(22-29-12-7-6-8-13-29)44(64)56-38(24-31-25-53-34-15-10-9-14-33(31)34)46(66)54-35(16-11-21-51)43(63)55-36(45(65)58-39)23-30-17-19-32(61)20-18-30/h6-10,12-15,17-20,25,27-28,35-41,53,61H,11,16,21-24,26,51-52H2,1-5H3,(H,54,66)(H,55,63)(H,56,64)(H,57,68)(H,58,65)(H,59,67)(H,60,62)(H,69,70)/t28-,35-,36-,37-,38+,39-,40-,41+/m0/s1. The number of hydrogen-bond acceptors (Lipinski definition) is 13. The Labute approximate surface area is 425 Å². The summed E-state index contributed by atoms with van der Waals surface area (Å²) in [5.41, 5.74) is 14.4. The number of aromatic nitrogens is 1. The molecule has 0 saturated carbocycles. The lowest BCUT2D eigenvalue weighted by Gasteiger charge is -2.35. The Bertz CT molecular complexity index is 2540. The second kappa shape index (κ2) is 26.2. The van der Waals surface area contributed by atoms with Gasteiger partial charge in [-0.15, -0.1) is 0 Å². The van der Waals surface area contributed by atoms with Gasteiger partial charge in [0.05, 0.1) is 6.04 Å². The lowest BCUT2D eigenvalue weighted by molar-refractivity contribution is -0.143. The smallest absolute Gasteiger partial charge is 0.326 e. The molecule has 7 amide bonds. The SMILES string of the molecule is CC(C)[C@H](NC(=O)[C@@H]1CSSC(C)(C)[C@H](NC(=O)[C@H](C)N)C(=O)N[C@@H](Cc2ccccc2)C(=O)N[C@H](Cc2c[nH]c3ccccc23)C(=O)N[C@@H](CCCN)C(=O)N[C@@H](Cc2ccc(O)cc2)C(=O)N1)C(=O)O. The van der Waals surface area contributed by atoms with Gasteiger partial charge in [-0.1, -0.05) is 96.1 Å². The third-order valence-corrected chi connectivity index (χ3v) is 15.3. The largest absolute Gasteiger partial charge is 0.508 e. The van der Waals surface area contributed by atoms with Crippen LogP contribution in [0.15, 0.2) is 85.1 Å². The average Bonchev–Trinajstić information content (AvgIpc) is 3.75. The number of aromatic amines is 1. The molecule has 14 N–H and O–H groups in total. The van der Waals surface area contributed by atoms with Crippen molar-refractivity contribution in [2.24, 2.45) is 17.4 Å². The number of hydrogen-bond donors (Lipinski definition) is 12. The van der Waals surface area contributed by atoms with Crippen LogP contribution in [0.4, 0.5) is 0 Å². The number of amides is 7. The fraction of sp³-hybridized carbons (Fsp3) is 0.440.